The van der Waals surface area contributed by atoms with E-state index in [1.54, 1.807) is 6.26 Å². The number of hydrogen-bond acceptors (Lipinski definition) is 3. The summed E-state index contributed by atoms with van der Waals surface area (Å²) in [6.07, 6.45) is 6.60. The van der Waals surface area contributed by atoms with Crippen LogP contribution in [-0.4, -0.2) is 11.1 Å². The summed E-state index contributed by atoms with van der Waals surface area (Å²) < 4.78 is 5.39. The van der Waals surface area contributed by atoms with Gasteiger partial charge in [-0.05, 0) is 31.4 Å². The Bertz CT molecular complexity index is 323. The summed E-state index contributed by atoms with van der Waals surface area (Å²) in [7, 11) is 0. The molecule has 3 atom stereocenters. The molecule has 0 bridgehead atoms. The maximum atomic E-state index is 10.8. The fourth-order valence-electron chi connectivity index (χ4n) is 2.90. The van der Waals surface area contributed by atoms with Crippen LogP contribution < -0.4 is 5.73 Å². The van der Waals surface area contributed by atoms with Gasteiger partial charge in [0, 0.05) is 12.0 Å². The zero-order valence-electron chi connectivity index (χ0n) is 9.86. The van der Waals surface area contributed by atoms with Gasteiger partial charge >= 0.3 is 0 Å². The third kappa shape index (κ3) is 1.89. The molecule has 0 spiro atoms. The highest BCUT2D eigenvalue weighted by atomic mass is 16.4. The molecule has 1 aromatic heterocycles. The van der Waals surface area contributed by atoms with Crippen LogP contribution >= 0.6 is 0 Å². The van der Waals surface area contributed by atoms with Gasteiger partial charge < -0.3 is 15.3 Å². The first kappa shape index (κ1) is 11.7. The third-order valence-corrected chi connectivity index (χ3v) is 3.92. The van der Waals surface area contributed by atoms with E-state index in [0.717, 1.165) is 19.3 Å². The molecule has 0 aliphatic heterocycles. The van der Waals surface area contributed by atoms with E-state index < -0.39 is 5.60 Å². The van der Waals surface area contributed by atoms with Crippen molar-refractivity contribution in [1.29, 1.82) is 0 Å². The van der Waals surface area contributed by atoms with E-state index >= 15 is 0 Å². The van der Waals surface area contributed by atoms with Crippen molar-refractivity contribution in [2.45, 2.75) is 50.7 Å². The molecule has 2 rings (SSSR count). The van der Waals surface area contributed by atoms with E-state index in [9.17, 15) is 5.11 Å². The van der Waals surface area contributed by atoms with Crippen LogP contribution in [0.3, 0.4) is 0 Å². The van der Waals surface area contributed by atoms with Gasteiger partial charge in [-0.25, -0.2) is 0 Å². The van der Waals surface area contributed by atoms with E-state index in [0.29, 0.717) is 12.2 Å². The second-order valence-electron chi connectivity index (χ2n) is 4.81. The molecule has 16 heavy (non-hydrogen) atoms. The number of aliphatic hydroxyl groups is 1. The Morgan fingerprint density at radius 2 is 2.25 bits per heavy atom. The molecule has 1 aliphatic rings. The van der Waals surface area contributed by atoms with Crippen molar-refractivity contribution in [3.8, 4) is 0 Å². The van der Waals surface area contributed by atoms with Crippen LogP contribution in [0.25, 0.3) is 0 Å². The van der Waals surface area contributed by atoms with Crippen LogP contribution in [0, 0.1) is 5.92 Å². The second kappa shape index (κ2) is 4.60. The van der Waals surface area contributed by atoms with E-state index in [2.05, 4.69) is 0 Å². The second-order valence-corrected chi connectivity index (χ2v) is 4.81. The SMILES string of the molecule is CC[C@@](O)(c1ccco1)C1CCCC[C@H]1N. The average molecular weight is 223 g/mol. The first-order valence-electron chi connectivity index (χ1n) is 6.20. The van der Waals surface area contributed by atoms with E-state index in [-0.39, 0.29) is 12.0 Å². The maximum absolute atomic E-state index is 10.8. The van der Waals surface area contributed by atoms with Gasteiger partial charge in [-0.1, -0.05) is 19.8 Å². The Kier molecular flexibility index (Phi) is 3.36. The molecule has 1 fully saturated rings. The molecule has 3 N–H and O–H groups in total. The number of hydrogen-bond donors (Lipinski definition) is 2. The van der Waals surface area contributed by atoms with Crippen LogP contribution in [0.1, 0.15) is 44.8 Å². The third-order valence-electron chi connectivity index (χ3n) is 3.92. The van der Waals surface area contributed by atoms with Crippen molar-refractivity contribution in [1.82, 2.24) is 0 Å². The zero-order valence-corrected chi connectivity index (χ0v) is 9.86. The van der Waals surface area contributed by atoms with Crippen LogP contribution in [-0.2, 0) is 5.60 Å². The molecule has 1 saturated carbocycles. The van der Waals surface area contributed by atoms with E-state index in [1.807, 2.05) is 19.1 Å². The molecule has 3 heteroatoms. The van der Waals surface area contributed by atoms with Crippen LogP contribution in [0.15, 0.2) is 22.8 Å². The van der Waals surface area contributed by atoms with E-state index in [4.69, 9.17) is 10.2 Å². The molecule has 1 aliphatic carbocycles. The monoisotopic (exact) mass is 223 g/mol. The summed E-state index contributed by atoms with van der Waals surface area (Å²) in [5, 5.41) is 10.8. The van der Waals surface area contributed by atoms with Gasteiger partial charge in [0.2, 0.25) is 0 Å². The largest absolute Gasteiger partial charge is 0.466 e. The molecule has 3 nitrogen and oxygen atoms in total. The van der Waals surface area contributed by atoms with Crippen LogP contribution in [0.2, 0.25) is 0 Å². The topological polar surface area (TPSA) is 59.4 Å². The highest BCUT2D eigenvalue weighted by molar-refractivity contribution is 5.12. The van der Waals surface area contributed by atoms with Gasteiger partial charge in [-0.15, -0.1) is 0 Å². The Balaban J connectivity index is 2.26. The van der Waals surface area contributed by atoms with Gasteiger partial charge in [0.1, 0.15) is 11.4 Å². The predicted octanol–water partition coefficient (Wildman–Crippen LogP) is 2.39. The molecule has 1 heterocycles. The lowest BCUT2D eigenvalue weighted by Gasteiger charge is -2.40. The van der Waals surface area contributed by atoms with E-state index in [1.165, 1.54) is 6.42 Å². The number of furan rings is 1. The summed E-state index contributed by atoms with van der Waals surface area (Å²) in [6, 6.07) is 3.76. The van der Waals surface area contributed by atoms with Crippen LogP contribution in [0.4, 0.5) is 0 Å². The van der Waals surface area contributed by atoms with Crippen molar-refractivity contribution in [3.05, 3.63) is 24.2 Å². The van der Waals surface area contributed by atoms with Gasteiger partial charge in [0.15, 0.2) is 0 Å². The van der Waals surface area contributed by atoms with Gasteiger partial charge in [0.25, 0.3) is 0 Å². The lowest BCUT2D eigenvalue weighted by atomic mass is 9.71. The summed E-state index contributed by atoms with van der Waals surface area (Å²) in [4.78, 5) is 0. The van der Waals surface area contributed by atoms with Crippen molar-refractivity contribution in [2.24, 2.45) is 11.7 Å². The fourth-order valence-corrected chi connectivity index (χ4v) is 2.90. The smallest absolute Gasteiger partial charge is 0.135 e. The summed E-state index contributed by atoms with van der Waals surface area (Å²) in [6.45, 7) is 1.99. The van der Waals surface area contributed by atoms with Crippen molar-refractivity contribution in [3.63, 3.8) is 0 Å². The lowest BCUT2D eigenvalue weighted by Crippen LogP contribution is -2.46. The minimum absolute atomic E-state index is 0.0869. The molecule has 90 valence electrons. The fraction of sp³-hybridized carbons (Fsp3) is 0.692. The Hall–Kier alpha value is -0.800. The van der Waals surface area contributed by atoms with Crippen molar-refractivity contribution in [2.75, 3.05) is 0 Å². The van der Waals surface area contributed by atoms with Crippen molar-refractivity contribution < 1.29 is 9.52 Å². The minimum atomic E-state index is -0.886. The highest BCUT2D eigenvalue weighted by Crippen LogP contribution is 2.41. The molecular formula is C13H21NO2. The molecule has 0 amide bonds. The molecule has 0 saturated heterocycles. The summed E-state index contributed by atoms with van der Waals surface area (Å²) in [5.74, 6) is 0.787. The molecule has 1 unspecified atom stereocenters. The summed E-state index contributed by atoms with van der Waals surface area (Å²) in [5.41, 5.74) is 5.26. The Morgan fingerprint density at radius 1 is 1.50 bits per heavy atom. The molecular weight excluding hydrogens is 202 g/mol. The number of nitrogens with two attached hydrogens (primary N) is 1. The zero-order chi connectivity index (χ0) is 11.6. The normalized spacial score (nSPS) is 29.9. The predicted molar refractivity (Wildman–Crippen MR) is 62.8 cm³/mol. The quantitative estimate of drug-likeness (QED) is 0.827. The molecule has 0 aromatic carbocycles. The Morgan fingerprint density at radius 3 is 2.81 bits per heavy atom. The van der Waals surface area contributed by atoms with Crippen molar-refractivity contribution >= 4 is 0 Å². The molecule has 0 radical (unpaired) electrons. The molecule has 1 aromatic rings. The minimum Gasteiger partial charge on any atom is -0.466 e. The van der Waals surface area contributed by atoms with Gasteiger partial charge in [-0.2, -0.15) is 0 Å². The highest BCUT2D eigenvalue weighted by Gasteiger charge is 2.43. The standard InChI is InChI=1S/C13H21NO2/c1-2-13(15,12-8-5-9-16-12)10-6-3-4-7-11(10)14/h5,8-11,15H,2-4,6-7,14H2,1H3/t10?,11-,13+/m1/s1. The van der Waals surface area contributed by atoms with Gasteiger partial charge in [-0.3, -0.25) is 0 Å². The number of rotatable bonds is 3. The maximum Gasteiger partial charge on any atom is 0.135 e. The van der Waals surface area contributed by atoms with Crippen LogP contribution in [0.5, 0.6) is 0 Å². The first-order valence-corrected chi connectivity index (χ1v) is 6.20. The van der Waals surface area contributed by atoms with Gasteiger partial charge in [0.05, 0.1) is 6.26 Å². The summed E-state index contributed by atoms with van der Waals surface area (Å²) >= 11 is 0. The average Bonchev–Trinajstić information content (AvgIpc) is 2.82. The Labute approximate surface area is 96.6 Å². The first-order chi connectivity index (χ1) is 7.68. The lowest BCUT2D eigenvalue weighted by molar-refractivity contribution is -0.0659.